The van der Waals surface area contributed by atoms with E-state index in [9.17, 15) is 9.59 Å². The summed E-state index contributed by atoms with van der Waals surface area (Å²) < 4.78 is 2.28. The SMILES string of the molecule is Cc1ccc2c(c1)c1c(n2CCCC(=O)O)CCCN(C(=O)c2ccccc2)C1. The van der Waals surface area contributed by atoms with Gasteiger partial charge in [0.05, 0.1) is 0 Å². The summed E-state index contributed by atoms with van der Waals surface area (Å²) in [4.78, 5) is 26.0. The summed E-state index contributed by atoms with van der Waals surface area (Å²) in [5, 5.41) is 10.2. The summed E-state index contributed by atoms with van der Waals surface area (Å²) in [6.45, 7) is 4.09. The number of fused-ring (bicyclic) bond motifs is 3. The summed E-state index contributed by atoms with van der Waals surface area (Å²) in [6.07, 6.45) is 2.57. The molecule has 5 heteroatoms. The summed E-state index contributed by atoms with van der Waals surface area (Å²) in [5.41, 5.74) is 5.51. The number of rotatable bonds is 5. The summed E-state index contributed by atoms with van der Waals surface area (Å²) in [7, 11) is 0. The van der Waals surface area contributed by atoms with Crippen molar-refractivity contribution in [1.29, 1.82) is 0 Å². The van der Waals surface area contributed by atoms with Crippen LogP contribution in [-0.4, -0.2) is 33.0 Å². The summed E-state index contributed by atoms with van der Waals surface area (Å²) in [6, 6.07) is 15.9. The number of aryl methyl sites for hydroxylation is 2. The Labute approximate surface area is 170 Å². The molecule has 150 valence electrons. The quantitative estimate of drug-likeness (QED) is 0.702. The van der Waals surface area contributed by atoms with Crippen molar-refractivity contribution < 1.29 is 14.7 Å². The fourth-order valence-corrected chi connectivity index (χ4v) is 4.34. The average Bonchev–Trinajstić information content (AvgIpc) is 2.86. The van der Waals surface area contributed by atoms with Crippen LogP contribution in [0.1, 0.15) is 46.4 Å². The minimum atomic E-state index is -0.761. The number of carboxylic acid groups (broad SMARTS) is 1. The molecule has 0 aliphatic carbocycles. The molecule has 0 radical (unpaired) electrons. The summed E-state index contributed by atoms with van der Waals surface area (Å²) >= 11 is 0. The highest BCUT2D eigenvalue weighted by Gasteiger charge is 2.25. The smallest absolute Gasteiger partial charge is 0.303 e. The second-order valence-corrected chi connectivity index (χ2v) is 7.79. The second-order valence-electron chi connectivity index (χ2n) is 7.79. The molecule has 5 nitrogen and oxygen atoms in total. The Bertz CT molecular complexity index is 1050. The third-order valence-electron chi connectivity index (χ3n) is 5.71. The molecule has 0 spiro atoms. The van der Waals surface area contributed by atoms with Crippen molar-refractivity contribution in [2.75, 3.05) is 6.54 Å². The number of aromatic nitrogens is 1. The molecule has 1 amide bonds. The van der Waals surface area contributed by atoms with Crippen LogP contribution in [0.2, 0.25) is 0 Å². The number of nitrogens with zero attached hydrogens (tertiary/aromatic N) is 2. The average molecular weight is 390 g/mol. The number of amides is 1. The van der Waals surface area contributed by atoms with Crippen LogP contribution in [0.4, 0.5) is 0 Å². The first-order valence-corrected chi connectivity index (χ1v) is 10.2. The van der Waals surface area contributed by atoms with E-state index in [1.165, 1.54) is 22.2 Å². The minimum absolute atomic E-state index is 0.0675. The molecule has 4 rings (SSSR count). The van der Waals surface area contributed by atoms with E-state index in [4.69, 9.17) is 5.11 Å². The van der Waals surface area contributed by atoms with E-state index in [0.29, 0.717) is 19.5 Å². The van der Waals surface area contributed by atoms with Gasteiger partial charge in [-0.15, -0.1) is 0 Å². The van der Waals surface area contributed by atoms with Gasteiger partial charge in [0, 0.05) is 53.8 Å². The van der Waals surface area contributed by atoms with Crippen LogP contribution in [0.25, 0.3) is 10.9 Å². The Morgan fingerprint density at radius 3 is 2.66 bits per heavy atom. The molecule has 3 aromatic rings. The van der Waals surface area contributed by atoms with Crippen LogP contribution in [0.5, 0.6) is 0 Å². The van der Waals surface area contributed by atoms with Gasteiger partial charge in [0.1, 0.15) is 0 Å². The van der Waals surface area contributed by atoms with Crippen molar-refractivity contribution >= 4 is 22.8 Å². The van der Waals surface area contributed by atoms with Gasteiger partial charge < -0.3 is 14.6 Å². The highest BCUT2D eigenvalue weighted by atomic mass is 16.4. The van der Waals surface area contributed by atoms with Crippen LogP contribution >= 0.6 is 0 Å². The zero-order valence-electron chi connectivity index (χ0n) is 16.7. The molecule has 0 bridgehead atoms. The van der Waals surface area contributed by atoms with Crippen molar-refractivity contribution in [1.82, 2.24) is 9.47 Å². The molecule has 0 unspecified atom stereocenters. The van der Waals surface area contributed by atoms with E-state index in [1.54, 1.807) is 0 Å². The highest BCUT2D eigenvalue weighted by Crippen LogP contribution is 2.32. The van der Waals surface area contributed by atoms with Crippen LogP contribution < -0.4 is 0 Å². The number of aliphatic carboxylic acids is 1. The van der Waals surface area contributed by atoms with Crippen molar-refractivity contribution in [3.05, 3.63) is 70.9 Å². The van der Waals surface area contributed by atoms with Gasteiger partial charge in [-0.3, -0.25) is 9.59 Å². The molecule has 1 aliphatic heterocycles. The van der Waals surface area contributed by atoms with E-state index >= 15 is 0 Å². The molecule has 29 heavy (non-hydrogen) atoms. The van der Waals surface area contributed by atoms with E-state index in [0.717, 1.165) is 30.5 Å². The van der Waals surface area contributed by atoms with Gasteiger partial charge in [-0.2, -0.15) is 0 Å². The molecular formula is C24H26N2O3. The topological polar surface area (TPSA) is 62.5 Å². The first-order valence-electron chi connectivity index (χ1n) is 10.2. The number of hydrogen-bond donors (Lipinski definition) is 1. The third-order valence-corrected chi connectivity index (χ3v) is 5.71. The maximum atomic E-state index is 13.1. The van der Waals surface area contributed by atoms with Gasteiger partial charge in [-0.05, 0) is 50.5 Å². The van der Waals surface area contributed by atoms with Gasteiger partial charge in [0.25, 0.3) is 5.91 Å². The Kier molecular flexibility index (Phi) is 5.38. The maximum absolute atomic E-state index is 13.1. The van der Waals surface area contributed by atoms with Crippen LogP contribution in [0.3, 0.4) is 0 Å². The van der Waals surface area contributed by atoms with Crippen molar-refractivity contribution in [2.45, 2.75) is 45.7 Å². The summed E-state index contributed by atoms with van der Waals surface area (Å²) in [5.74, 6) is -0.694. The van der Waals surface area contributed by atoms with Crippen LogP contribution in [0.15, 0.2) is 48.5 Å². The standard InChI is InChI=1S/C24H26N2O3/c1-17-11-12-22-19(15-17)20-16-25(24(29)18-7-3-2-4-8-18)13-5-9-21(20)26(22)14-6-10-23(27)28/h2-4,7-8,11-12,15H,5-6,9-10,13-14,16H2,1H3,(H,27,28). The molecule has 1 aliphatic rings. The van der Waals surface area contributed by atoms with Gasteiger partial charge in [-0.1, -0.05) is 29.8 Å². The second kappa shape index (κ2) is 8.11. The number of hydrogen-bond acceptors (Lipinski definition) is 2. The van der Waals surface area contributed by atoms with Crippen LogP contribution in [0, 0.1) is 6.92 Å². The Hall–Kier alpha value is -3.08. The minimum Gasteiger partial charge on any atom is -0.481 e. The van der Waals surface area contributed by atoms with Crippen molar-refractivity contribution in [3.8, 4) is 0 Å². The lowest BCUT2D eigenvalue weighted by atomic mass is 10.1. The Morgan fingerprint density at radius 2 is 1.90 bits per heavy atom. The molecule has 0 fully saturated rings. The number of carbonyl (C=O) groups excluding carboxylic acids is 1. The monoisotopic (exact) mass is 390 g/mol. The van der Waals surface area contributed by atoms with Gasteiger partial charge in [0.15, 0.2) is 0 Å². The lowest BCUT2D eigenvalue weighted by Gasteiger charge is -2.21. The first-order chi connectivity index (χ1) is 14.0. The molecule has 0 saturated carbocycles. The molecule has 2 heterocycles. The van der Waals surface area contributed by atoms with E-state index in [-0.39, 0.29) is 12.3 Å². The van der Waals surface area contributed by atoms with Crippen molar-refractivity contribution in [3.63, 3.8) is 0 Å². The molecule has 0 saturated heterocycles. The largest absolute Gasteiger partial charge is 0.481 e. The van der Waals surface area contributed by atoms with E-state index in [2.05, 4.69) is 29.7 Å². The molecule has 1 N–H and O–H groups in total. The van der Waals surface area contributed by atoms with E-state index < -0.39 is 5.97 Å². The Balaban J connectivity index is 1.72. The van der Waals surface area contributed by atoms with Crippen LogP contribution in [-0.2, 0) is 24.3 Å². The molecule has 1 aromatic heterocycles. The number of carbonyl (C=O) groups is 2. The highest BCUT2D eigenvalue weighted by molar-refractivity contribution is 5.95. The number of benzene rings is 2. The van der Waals surface area contributed by atoms with E-state index in [1.807, 2.05) is 35.2 Å². The third kappa shape index (κ3) is 3.90. The predicted molar refractivity (Wildman–Crippen MR) is 113 cm³/mol. The normalized spacial score (nSPS) is 13.9. The Morgan fingerprint density at radius 1 is 1.10 bits per heavy atom. The fourth-order valence-electron chi connectivity index (χ4n) is 4.34. The fraction of sp³-hybridized carbons (Fsp3) is 0.333. The van der Waals surface area contributed by atoms with Crippen molar-refractivity contribution in [2.24, 2.45) is 0 Å². The first kappa shape index (κ1) is 19.2. The zero-order chi connectivity index (χ0) is 20.4. The maximum Gasteiger partial charge on any atom is 0.303 e. The van der Waals surface area contributed by atoms with Gasteiger partial charge in [0.2, 0.25) is 0 Å². The lowest BCUT2D eigenvalue weighted by molar-refractivity contribution is -0.137. The number of carboxylic acids is 1. The van der Waals surface area contributed by atoms with Gasteiger partial charge >= 0.3 is 5.97 Å². The molecule has 2 aromatic carbocycles. The van der Waals surface area contributed by atoms with Gasteiger partial charge in [-0.25, -0.2) is 0 Å². The molecular weight excluding hydrogens is 364 g/mol. The predicted octanol–water partition coefficient (Wildman–Crippen LogP) is 4.40. The zero-order valence-corrected chi connectivity index (χ0v) is 16.7. The molecule has 0 atom stereocenters. The lowest BCUT2D eigenvalue weighted by Crippen LogP contribution is -2.30.